The normalized spacial score (nSPS) is 11.3. The molecule has 4 aromatic rings. The molecule has 0 saturated carbocycles. The Labute approximate surface area is 136 Å². The molecule has 0 saturated heterocycles. The van der Waals surface area contributed by atoms with Crippen LogP contribution in [0.25, 0.3) is 11.2 Å². The molecule has 0 bridgehead atoms. The van der Waals surface area contributed by atoms with E-state index in [4.69, 9.17) is 0 Å². The van der Waals surface area contributed by atoms with Crippen molar-refractivity contribution in [1.82, 2.24) is 18.8 Å². The summed E-state index contributed by atoms with van der Waals surface area (Å²) in [4.78, 5) is 21.2. The lowest BCUT2D eigenvalue weighted by molar-refractivity contribution is 0.953. The molecule has 0 aliphatic carbocycles. The van der Waals surface area contributed by atoms with Gasteiger partial charge in [-0.05, 0) is 36.8 Å². The topological polar surface area (TPSA) is 51.7 Å². The van der Waals surface area contributed by atoms with E-state index in [2.05, 4.69) is 9.97 Å². The predicted octanol–water partition coefficient (Wildman–Crippen LogP) is 2.94. The maximum absolute atomic E-state index is 12.2. The van der Waals surface area contributed by atoms with Crippen LogP contribution < -0.4 is 5.56 Å². The Morgan fingerprint density at radius 3 is 2.96 bits per heavy atom. The summed E-state index contributed by atoms with van der Waals surface area (Å²) in [5, 5.41) is 0.895. The maximum atomic E-state index is 12.2. The number of nitrogens with zero attached hydrogens (tertiary/aromatic N) is 4. The van der Waals surface area contributed by atoms with E-state index in [0.29, 0.717) is 11.4 Å². The minimum absolute atomic E-state index is 0.0569. The first-order chi connectivity index (χ1) is 11.2. The Bertz CT molecular complexity index is 1070. The number of imidazole rings is 1. The third-order valence-electron chi connectivity index (χ3n) is 3.63. The molecule has 0 atom stereocenters. The molecule has 6 heteroatoms. The average molecular weight is 322 g/mol. The van der Waals surface area contributed by atoms with Crippen LogP contribution in [-0.2, 0) is 5.75 Å². The van der Waals surface area contributed by atoms with E-state index in [0.717, 1.165) is 21.9 Å². The number of pyridine rings is 2. The standard InChI is InChI=1S/C17H14N4OS/c1-12-5-7-21-15(8-12)19-13(9-16(21)22)11-23-17-18-10-14-4-2-3-6-20(14)17/h2-10H,11H2,1H3. The summed E-state index contributed by atoms with van der Waals surface area (Å²) in [7, 11) is 0. The fourth-order valence-electron chi connectivity index (χ4n) is 2.49. The van der Waals surface area contributed by atoms with Crippen LogP contribution in [-0.4, -0.2) is 18.8 Å². The Kier molecular flexibility index (Phi) is 3.38. The molecule has 0 amide bonds. The van der Waals surface area contributed by atoms with Gasteiger partial charge in [0.25, 0.3) is 5.56 Å². The van der Waals surface area contributed by atoms with Crippen molar-refractivity contribution in [2.45, 2.75) is 17.8 Å². The highest BCUT2D eigenvalue weighted by molar-refractivity contribution is 7.98. The minimum Gasteiger partial charge on any atom is -0.295 e. The van der Waals surface area contributed by atoms with Crippen LogP contribution in [0.4, 0.5) is 0 Å². The molecule has 4 aromatic heterocycles. The molecule has 0 fully saturated rings. The third kappa shape index (κ3) is 2.61. The SMILES string of the molecule is Cc1ccn2c(=O)cc(CSc3ncc4ccccn34)nc2c1. The molecule has 4 heterocycles. The van der Waals surface area contributed by atoms with Gasteiger partial charge in [-0.1, -0.05) is 17.8 Å². The lowest BCUT2D eigenvalue weighted by Crippen LogP contribution is -2.15. The molecule has 0 radical (unpaired) electrons. The molecule has 0 aliphatic heterocycles. The van der Waals surface area contributed by atoms with Gasteiger partial charge < -0.3 is 0 Å². The van der Waals surface area contributed by atoms with E-state index < -0.39 is 0 Å². The van der Waals surface area contributed by atoms with Crippen LogP contribution >= 0.6 is 11.8 Å². The minimum atomic E-state index is -0.0569. The number of fused-ring (bicyclic) bond motifs is 2. The number of rotatable bonds is 3. The van der Waals surface area contributed by atoms with E-state index in [9.17, 15) is 4.79 Å². The summed E-state index contributed by atoms with van der Waals surface area (Å²) < 4.78 is 3.59. The van der Waals surface area contributed by atoms with E-state index >= 15 is 0 Å². The van der Waals surface area contributed by atoms with E-state index in [-0.39, 0.29) is 5.56 Å². The van der Waals surface area contributed by atoms with Crippen LogP contribution in [0.5, 0.6) is 0 Å². The summed E-state index contributed by atoms with van der Waals surface area (Å²) in [6.07, 6.45) is 5.59. The highest BCUT2D eigenvalue weighted by Gasteiger charge is 2.07. The predicted molar refractivity (Wildman–Crippen MR) is 91.0 cm³/mol. The van der Waals surface area contributed by atoms with Crippen molar-refractivity contribution in [2.24, 2.45) is 0 Å². The first-order valence-electron chi connectivity index (χ1n) is 7.24. The molecule has 23 heavy (non-hydrogen) atoms. The van der Waals surface area contributed by atoms with E-state index in [1.165, 1.54) is 0 Å². The molecular weight excluding hydrogens is 308 g/mol. The van der Waals surface area contributed by atoms with Crippen LogP contribution in [0, 0.1) is 6.92 Å². The Balaban J connectivity index is 1.66. The molecule has 4 rings (SSSR count). The fourth-order valence-corrected chi connectivity index (χ4v) is 3.35. The second kappa shape index (κ2) is 5.55. The van der Waals surface area contributed by atoms with E-state index in [1.807, 2.05) is 54.0 Å². The Hall–Kier alpha value is -2.60. The number of aryl methyl sites for hydroxylation is 1. The lowest BCUT2D eigenvalue weighted by Gasteiger charge is -2.05. The number of thioether (sulfide) groups is 1. The van der Waals surface area contributed by atoms with Crippen molar-refractivity contribution in [2.75, 3.05) is 0 Å². The van der Waals surface area contributed by atoms with Gasteiger partial charge in [-0.3, -0.25) is 13.6 Å². The van der Waals surface area contributed by atoms with Crippen molar-refractivity contribution in [3.05, 3.63) is 76.6 Å². The monoisotopic (exact) mass is 322 g/mol. The summed E-state index contributed by atoms with van der Waals surface area (Å²) in [6.45, 7) is 1.99. The smallest absolute Gasteiger partial charge is 0.258 e. The van der Waals surface area contributed by atoms with Crippen molar-refractivity contribution in [3.63, 3.8) is 0 Å². The van der Waals surface area contributed by atoms with Gasteiger partial charge in [-0.2, -0.15) is 0 Å². The maximum Gasteiger partial charge on any atom is 0.258 e. The zero-order chi connectivity index (χ0) is 15.8. The summed E-state index contributed by atoms with van der Waals surface area (Å²) in [5.74, 6) is 0.605. The van der Waals surface area contributed by atoms with Crippen LogP contribution in [0.15, 0.2) is 64.9 Å². The number of hydrogen-bond acceptors (Lipinski definition) is 4. The van der Waals surface area contributed by atoms with Gasteiger partial charge in [-0.15, -0.1) is 0 Å². The quantitative estimate of drug-likeness (QED) is 0.544. The van der Waals surface area contributed by atoms with Gasteiger partial charge in [0.15, 0.2) is 5.16 Å². The van der Waals surface area contributed by atoms with Crippen molar-refractivity contribution in [3.8, 4) is 0 Å². The van der Waals surface area contributed by atoms with Crippen molar-refractivity contribution < 1.29 is 0 Å². The molecule has 0 spiro atoms. The third-order valence-corrected chi connectivity index (χ3v) is 4.63. The zero-order valence-corrected chi connectivity index (χ0v) is 13.3. The van der Waals surface area contributed by atoms with Crippen LogP contribution in [0.1, 0.15) is 11.3 Å². The summed E-state index contributed by atoms with van der Waals surface area (Å²) in [5.41, 5.74) is 3.52. The molecule has 0 aliphatic rings. The second-order valence-electron chi connectivity index (χ2n) is 5.34. The molecule has 0 N–H and O–H groups in total. The van der Waals surface area contributed by atoms with Crippen LogP contribution in [0.3, 0.4) is 0 Å². The zero-order valence-electron chi connectivity index (χ0n) is 12.5. The second-order valence-corrected chi connectivity index (χ2v) is 6.29. The Morgan fingerprint density at radius 2 is 2.04 bits per heavy atom. The van der Waals surface area contributed by atoms with Crippen molar-refractivity contribution in [1.29, 1.82) is 0 Å². The van der Waals surface area contributed by atoms with Gasteiger partial charge in [0, 0.05) is 24.2 Å². The molecule has 114 valence electrons. The number of hydrogen-bond donors (Lipinski definition) is 0. The van der Waals surface area contributed by atoms with Gasteiger partial charge in [0.1, 0.15) is 5.65 Å². The number of aromatic nitrogens is 4. The molecule has 5 nitrogen and oxygen atoms in total. The summed E-state index contributed by atoms with van der Waals surface area (Å²) in [6, 6.07) is 11.4. The van der Waals surface area contributed by atoms with Crippen molar-refractivity contribution >= 4 is 22.9 Å². The summed E-state index contributed by atoms with van der Waals surface area (Å²) >= 11 is 1.57. The lowest BCUT2D eigenvalue weighted by atomic mass is 10.3. The first kappa shape index (κ1) is 14.0. The largest absolute Gasteiger partial charge is 0.295 e. The van der Waals surface area contributed by atoms with Crippen LogP contribution in [0.2, 0.25) is 0 Å². The van der Waals surface area contributed by atoms with Gasteiger partial charge in [-0.25, -0.2) is 9.97 Å². The van der Waals surface area contributed by atoms with Gasteiger partial charge >= 0.3 is 0 Å². The molecular formula is C17H14N4OS. The highest BCUT2D eigenvalue weighted by Crippen LogP contribution is 2.21. The fraction of sp³-hybridized carbons (Fsp3) is 0.118. The molecule has 0 unspecified atom stereocenters. The van der Waals surface area contributed by atoms with Gasteiger partial charge in [0.2, 0.25) is 0 Å². The molecule has 0 aromatic carbocycles. The Morgan fingerprint density at radius 1 is 1.13 bits per heavy atom. The average Bonchev–Trinajstić information content (AvgIpc) is 2.96. The highest BCUT2D eigenvalue weighted by atomic mass is 32.2. The van der Waals surface area contributed by atoms with Gasteiger partial charge in [0.05, 0.1) is 17.4 Å². The first-order valence-corrected chi connectivity index (χ1v) is 8.23. The van der Waals surface area contributed by atoms with E-state index in [1.54, 1.807) is 28.4 Å².